The highest BCUT2D eigenvalue weighted by molar-refractivity contribution is 5.95. The molecule has 2 fully saturated rings. The van der Waals surface area contributed by atoms with Crippen molar-refractivity contribution in [3.05, 3.63) is 29.1 Å². The molecule has 1 aromatic heterocycles. The van der Waals surface area contributed by atoms with Crippen LogP contribution in [0.25, 0.3) is 0 Å². The Morgan fingerprint density at radius 3 is 2.52 bits per heavy atom. The molecule has 130 valence electrons. The van der Waals surface area contributed by atoms with Gasteiger partial charge in [-0.3, -0.25) is 14.7 Å². The van der Waals surface area contributed by atoms with Crippen molar-refractivity contribution in [1.29, 1.82) is 0 Å². The molecular formula is C16H26Cl2N4O. The number of rotatable bonds is 2. The Balaban J connectivity index is 0.00000132. The van der Waals surface area contributed by atoms with Gasteiger partial charge in [0.05, 0.1) is 11.3 Å². The van der Waals surface area contributed by atoms with Crippen LogP contribution in [0.2, 0.25) is 0 Å². The monoisotopic (exact) mass is 360 g/mol. The molecule has 3 rings (SSSR count). The zero-order valence-electron chi connectivity index (χ0n) is 13.7. The summed E-state index contributed by atoms with van der Waals surface area (Å²) in [4.78, 5) is 21.6. The SMILES string of the molecule is Cc1ccc(C(=O)N2CCC(N3CCNCC3)C2)c(C)n1.Cl.Cl. The first kappa shape index (κ1) is 20.2. The van der Waals surface area contributed by atoms with Gasteiger partial charge in [0, 0.05) is 51.0 Å². The molecule has 0 radical (unpaired) electrons. The van der Waals surface area contributed by atoms with Gasteiger partial charge in [0.2, 0.25) is 0 Å². The lowest BCUT2D eigenvalue weighted by atomic mass is 10.1. The van der Waals surface area contributed by atoms with Gasteiger partial charge in [-0.05, 0) is 32.4 Å². The van der Waals surface area contributed by atoms with Gasteiger partial charge in [0.15, 0.2) is 0 Å². The minimum absolute atomic E-state index is 0. The standard InChI is InChI=1S/C16H24N4O.2ClH/c1-12-3-4-15(13(2)18-12)16(21)20-8-5-14(11-20)19-9-6-17-7-10-19;;/h3-4,14,17H,5-11H2,1-2H3;2*1H. The largest absolute Gasteiger partial charge is 0.337 e. The van der Waals surface area contributed by atoms with Gasteiger partial charge < -0.3 is 10.2 Å². The zero-order chi connectivity index (χ0) is 14.8. The van der Waals surface area contributed by atoms with E-state index in [2.05, 4.69) is 15.2 Å². The van der Waals surface area contributed by atoms with E-state index in [0.717, 1.165) is 62.6 Å². The van der Waals surface area contributed by atoms with Crippen LogP contribution in [-0.4, -0.2) is 66.0 Å². The van der Waals surface area contributed by atoms with Crippen LogP contribution in [0.4, 0.5) is 0 Å². The molecule has 1 atom stereocenters. The van der Waals surface area contributed by atoms with Gasteiger partial charge in [-0.15, -0.1) is 24.8 Å². The van der Waals surface area contributed by atoms with Gasteiger partial charge in [0.1, 0.15) is 0 Å². The maximum absolute atomic E-state index is 12.7. The number of carbonyl (C=O) groups is 1. The summed E-state index contributed by atoms with van der Waals surface area (Å²) in [5, 5.41) is 3.38. The van der Waals surface area contributed by atoms with E-state index in [1.165, 1.54) is 0 Å². The van der Waals surface area contributed by atoms with E-state index in [0.29, 0.717) is 6.04 Å². The molecular weight excluding hydrogens is 335 g/mol. The fourth-order valence-electron chi connectivity index (χ4n) is 3.35. The highest BCUT2D eigenvalue weighted by Crippen LogP contribution is 2.19. The first-order valence-electron chi connectivity index (χ1n) is 7.83. The van der Waals surface area contributed by atoms with Crippen molar-refractivity contribution in [2.75, 3.05) is 39.3 Å². The molecule has 23 heavy (non-hydrogen) atoms. The van der Waals surface area contributed by atoms with E-state index < -0.39 is 0 Å². The summed E-state index contributed by atoms with van der Waals surface area (Å²) in [6, 6.07) is 4.36. The van der Waals surface area contributed by atoms with Crippen molar-refractivity contribution in [2.24, 2.45) is 0 Å². The summed E-state index contributed by atoms with van der Waals surface area (Å²) in [5.74, 6) is 0.137. The number of piperazine rings is 1. The average molecular weight is 361 g/mol. The number of aryl methyl sites for hydroxylation is 2. The molecule has 0 aromatic carbocycles. The van der Waals surface area contributed by atoms with Gasteiger partial charge in [-0.2, -0.15) is 0 Å². The lowest BCUT2D eigenvalue weighted by Crippen LogP contribution is -2.49. The molecule has 7 heteroatoms. The predicted molar refractivity (Wildman–Crippen MR) is 97.0 cm³/mol. The Bertz CT molecular complexity index is 535. The second-order valence-corrected chi connectivity index (χ2v) is 6.07. The number of amides is 1. The quantitative estimate of drug-likeness (QED) is 0.871. The molecule has 1 N–H and O–H groups in total. The molecule has 1 aromatic rings. The normalized spacial score (nSPS) is 21.5. The fourth-order valence-corrected chi connectivity index (χ4v) is 3.35. The fraction of sp³-hybridized carbons (Fsp3) is 0.625. The number of nitrogens with one attached hydrogen (secondary N) is 1. The molecule has 0 bridgehead atoms. The average Bonchev–Trinajstić information content (AvgIpc) is 2.97. The second-order valence-electron chi connectivity index (χ2n) is 6.07. The molecule has 2 aliphatic heterocycles. The second kappa shape index (κ2) is 8.83. The number of aromatic nitrogens is 1. The maximum atomic E-state index is 12.7. The molecule has 5 nitrogen and oxygen atoms in total. The number of carbonyl (C=O) groups excluding carboxylic acids is 1. The van der Waals surface area contributed by atoms with Crippen LogP contribution in [0.5, 0.6) is 0 Å². The number of pyridine rings is 1. The Morgan fingerprint density at radius 2 is 1.87 bits per heavy atom. The van der Waals surface area contributed by atoms with Crippen LogP contribution in [-0.2, 0) is 0 Å². The van der Waals surface area contributed by atoms with Gasteiger partial charge >= 0.3 is 0 Å². The van der Waals surface area contributed by atoms with Crippen molar-refractivity contribution in [2.45, 2.75) is 26.3 Å². The first-order valence-corrected chi connectivity index (χ1v) is 7.83. The van der Waals surface area contributed by atoms with Crippen LogP contribution < -0.4 is 5.32 Å². The molecule has 1 unspecified atom stereocenters. The summed E-state index contributed by atoms with van der Waals surface area (Å²) in [7, 11) is 0. The third-order valence-corrected chi connectivity index (χ3v) is 4.57. The molecule has 0 saturated carbocycles. The van der Waals surface area contributed by atoms with E-state index in [1.807, 2.05) is 30.9 Å². The molecule has 1 amide bonds. The van der Waals surface area contributed by atoms with Crippen LogP contribution >= 0.6 is 24.8 Å². The Kier molecular flexibility index (Phi) is 7.74. The number of likely N-dealkylation sites (tertiary alicyclic amines) is 1. The van der Waals surface area contributed by atoms with Crippen molar-refractivity contribution < 1.29 is 4.79 Å². The highest BCUT2D eigenvalue weighted by Gasteiger charge is 2.31. The molecule has 3 heterocycles. The molecule has 2 saturated heterocycles. The summed E-state index contributed by atoms with van der Waals surface area (Å²) in [6.45, 7) is 9.90. The van der Waals surface area contributed by atoms with Crippen LogP contribution in [0.1, 0.15) is 28.2 Å². The van der Waals surface area contributed by atoms with Crippen LogP contribution in [0.15, 0.2) is 12.1 Å². The summed E-state index contributed by atoms with van der Waals surface area (Å²) in [6.07, 6.45) is 1.09. The van der Waals surface area contributed by atoms with Gasteiger partial charge in [-0.25, -0.2) is 0 Å². The van der Waals surface area contributed by atoms with Crippen molar-refractivity contribution >= 4 is 30.7 Å². The Hall–Kier alpha value is -0.880. The van der Waals surface area contributed by atoms with E-state index in [9.17, 15) is 4.79 Å². The molecule has 0 aliphatic carbocycles. The van der Waals surface area contributed by atoms with Crippen LogP contribution in [0, 0.1) is 13.8 Å². The maximum Gasteiger partial charge on any atom is 0.255 e. The number of hydrogen-bond donors (Lipinski definition) is 1. The zero-order valence-corrected chi connectivity index (χ0v) is 15.4. The van der Waals surface area contributed by atoms with Crippen molar-refractivity contribution in [3.63, 3.8) is 0 Å². The van der Waals surface area contributed by atoms with E-state index in [4.69, 9.17) is 0 Å². The minimum atomic E-state index is 0. The Morgan fingerprint density at radius 1 is 1.17 bits per heavy atom. The lowest BCUT2D eigenvalue weighted by Gasteiger charge is -2.32. The predicted octanol–water partition coefficient (Wildman–Crippen LogP) is 1.66. The third kappa shape index (κ3) is 4.57. The summed E-state index contributed by atoms with van der Waals surface area (Å²) >= 11 is 0. The first-order chi connectivity index (χ1) is 10.1. The number of hydrogen-bond acceptors (Lipinski definition) is 4. The van der Waals surface area contributed by atoms with Gasteiger partial charge in [0.25, 0.3) is 5.91 Å². The topological polar surface area (TPSA) is 48.5 Å². The van der Waals surface area contributed by atoms with Crippen LogP contribution in [0.3, 0.4) is 0 Å². The minimum Gasteiger partial charge on any atom is -0.337 e. The number of nitrogens with zero attached hydrogens (tertiary/aromatic N) is 3. The summed E-state index contributed by atoms with van der Waals surface area (Å²) < 4.78 is 0. The highest BCUT2D eigenvalue weighted by atomic mass is 35.5. The van der Waals surface area contributed by atoms with Crippen molar-refractivity contribution in [3.8, 4) is 0 Å². The third-order valence-electron chi connectivity index (χ3n) is 4.57. The number of halogens is 2. The molecule has 0 spiro atoms. The molecule has 2 aliphatic rings. The van der Waals surface area contributed by atoms with E-state index in [-0.39, 0.29) is 30.7 Å². The van der Waals surface area contributed by atoms with E-state index >= 15 is 0 Å². The van der Waals surface area contributed by atoms with Gasteiger partial charge in [-0.1, -0.05) is 0 Å². The Labute approximate surface area is 150 Å². The van der Waals surface area contributed by atoms with Crippen molar-refractivity contribution in [1.82, 2.24) is 20.1 Å². The van der Waals surface area contributed by atoms with E-state index in [1.54, 1.807) is 0 Å². The lowest BCUT2D eigenvalue weighted by molar-refractivity contribution is 0.0772. The smallest absolute Gasteiger partial charge is 0.255 e. The summed E-state index contributed by atoms with van der Waals surface area (Å²) in [5.41, 5.74) is 2.55.